The van der Waals surface area contributed by atoms with Crippen molar-refractivity contribution >= 4 is 16.9 Å². The highest BCUT2D eigenvalue weighted by Gasteiger charge is 2.21. The minimum atomic E-state index is -0.531. The van der Waals surface area contributed by atoms with Gasteiger partial charge in [-0.1, -0.05) is 0 Å². The second-order valence-electron chi connectivity index (χ2n) is 5.72. The van der Waals surface area contributed by atoms with Crippen molar-refractivity contribution in [2.45, 2.75) is 26.3 Å². The van der Waals surface area contributed by atoms with E-state index in [1.165, 1.54) is 27.4 Å². The third-order valence-corrected chi connectivity index (χ3v) is 2.91. The second-order valence-corrected chi connectivity index (χ2v) is 5.72. The monoisotopic (exact) mass is 308 g/mol. The van der Waals surface area contributed by atoms with Crippen LogP contribution in [0.5, 0.6) is 17.2 Å². The third kappa shape index (κ3) is 2.93. The molecule has 2 rings (SSSR count). The van der Waals surface area contributed by atoms with Crippen molar-refractivity contribution in [3.63, 3.8) is 0 Å². The van der Waals surface area contributed by atoms with E-state index in [-0.39, 0.29) is 16.9 Å². The van der Waals surface area contributed by atoms with Gasteiger partial charge in [-0.2, -0.15) is 4.98 Å². The molecule has 0 atom stereocenters. The van der Waals surface area contributed by atoms with Crippen molar-refractivity contribution in [2.75, 3.05) is 26.6 Å². The Morgan fingerprint density at radius 2 is 1.73 bits per heavy atom. The number of ether oxygens (including phenoxy) is 3. The largest absolute Gasteiger partial charge is 0.493 e. The van der Waals surface area contributed by atoms with Crippen molar-refractivity contribution in [2.24, 2.45) is 0 Å². The molecule has 0 aliphatic rings. The van der Waals surface area contributed by atoms with Crippen LogP contribution in [0, 0.1) is 0 Å². The van der Waals surface area contributed by atoms with E-state index in [9.17, 15) is 4.79 Å². The first-order valence-electron chi connectivity index (χ1n) is 6.72. The fourth-order valence-corrected chi connectivity index (χ4v) is 2.05. The van der Waals surface area contributed by atoms with Gasteiger partial charge in [0.05, 0.1) is 26.7 Å². The van der Waals surface area contributed by atoms with Crippen molar-refractivity contribution < 1.29 is 18.6 Å². The zero-order chi connectivity index (χ0) is 16.5. The van der Waals surface area contributed by atoms with Crippen molar-refractivity contribution in [1.29, 1.82) is 0 Å². The van der Waals surface area contributed by atoms with Crippen LogP contribution in [0.4, 0.5) is 6.01 Å². The zero-order valence-corrected chi connectivity index (χ0v) is 13.6. The van der Waals surface area contributed by atoms with Crippen LogP contribution in [0.2, 0.25) is 0 Å². The Morgan fingerprint density at radius 3 is 2.23 bits per heavy atom. The molecule has 2 aromatic rings. The predicted molar refractivity (Wildman–Crippen MR) is 83.3 cm³/mol. The molecule has 0 spiro atoms. The van der Waals surface area contributed by atoms with E-state index in [0.29, 0.717) is 22.8 Å². The van der Waals surface area contributed by atoms with E-state index in [0.717, 1.165) is 0 Å². The molecule has 7 heteroatoms. The SMILES string of the molecule is COc1cc2c(=O)oc(NC(C)(C)C)nc2c(OC)c1OC. The van der Waals surface area contributed by atoms with Crippen LogP contribution < -0.4 is 25.2 Å². The molecule has 1 aromatic carbocycles. The lowest BCUT2D eigenvalue weighted by molar-refractivity contribution is 0.326. The van der Waals surface area contributed by atoms with Crippen LogP contribution >= 0.6 is 0 Å². The van der Waals surface area contributed by atoms with Gasteiger partial charge < -0.3 is 23.9 Å². The van der Waals surface area contributed by atoms with E-state index in [1.54, 1.807) is 0 Å². The minimum Gasteiger partial charge on any atom is -0.493 e. The van der Waals surface area contributed by atoms with Crippen LogP contribution in [0.15, 0.2) is 15.3 Å². The number of rotatable bonds is 4. The van der Waals surface area contributed by atoms with E-state index in [1.807, 2.05) is 20.8 Å². The summed E-state index contributed by atoms with van der Waals surface area (Å²) in [6.45, 7) is 5.81. The van der Waals surface area contributed by atoms with Gasteiger partial charge in [-0.25, -0.2) is 4.79 Å². The summed E-state index contributed by atoms with van der Waals surface area (Å²) in [5.74, 6) is 1.07. The molecule has 0 fully saturated rings. The summed E-state index contributed by atoms with van der Waals surface area (Å²) in [4.78, 5) is 16.6. The van der Waals surface area contributed by atoms with Crippen LogP contribution in [0.3, 0.4) is 0 Å². The van der Waals surface area contributed by atoms with Gasteiger partial charge in [0.2, 0.25) is 5.75 Å². The molecule has 0 radical (unpaired) electrons. The van der Waals surface area contributed by atoms with Gasteiger partial charge in [-0.05, 0) is 20.8 Å². The predicted octanol–water partition coefficient (Wildman–Crippen LogP) is 2.42. The van der Waals surface area contributed by atoms with Crippen molar-refractivity contribution in [3.05, 3.63) is 16.5 Å². The Balaban J connectivity index is 2.78. The summed E-state index contributed by atoms with van der Waals surface area (Å²) >= 11 is 0. The first kappa shape index (κ1) is 15.9. The lowest BCUT2D eigenvalue weighted by atomic mass is 10.1. The van der Waals surface area contributed by atoms with Gasteiger partial charge in [0.1, 0.15) is 5.52 Å². The Labute approximate surface area is 128 Å². The van der Waals surface area contributed by atoms with Crippen LogP contribution in [-0.2, 0) is 0 Å². The summed E-state index contributed by atoms with van der Waals surface area (Å²) in [5.41, 5.74) is -0.486. The lowest BCUT2D eigenvalue weighted by Crippen LogP contribution is -2.27. The smallest absolute Gasteiger partial charge is 0.348 e. The summed E-state index contributed by atoms with van der Waals surface area (Å²) in [6, 6.07) is 1.65. The molecule has 0 aliphatic heterocycles. The average Bonchev–Trinajstić information content (AvgIpc) is 2.43. The standard InChI is InChI=1S/C15H20N2O5/c1-15(2,3)17-14-16-10-8(13(18)22-14)7-9(19-4)11(20-5)12(10)21-6/h7H,1-6H3,(H,16,17). The number of benzene rings is 1. The van der Waals surface area contributed by atoms with E-state index < -0.39 is 5.63 Å². The van der Waals surface area contributed by atoms with Gasteiger partial charge >= 0.3 is 5.63 Å². The summed E-state index contributed by atoms with van der Waals surface area (Å²) in [7, 11) is 4.45. The molecule has 0 saturated carbocycles. The minimum absolute atomic E-state index is 0.121. The van der Waals surface area contributed by atoms with Gasteiger partial charge in [-0.3, -0.25) is 0 Å². The fourth-order valence-electron chi connectivity index (χ4n) is 2.05. The Bertz CT molecular complexity index is 746. The molecule has 0 bridgehead atoms. The normalized spacial score (nSPS) is 11.4. The number of hydrogen-bond donors (Lipinski definition) is 1. The summed E-state index contributed by atoms with van der Waals surface area (Å²) < 4.78 is 21.1. The Morgan fingerprint density at radius 1 is 1.09 bits per heavy atom. The maximum Gasteiger partial charge on any atom is 0.348 e. The molecule has 0 amide bonds. The molecule has 1 heterocycles. The van der Waals surface area contributed by atoms with Gasteiger partial charge in [0, 0.05) is 11.6 Å². The first-order valence-corrected chi connectivity index (χ1v) is 6.72. The fraction of sp³-hybridized carbons (Fsp3) is 0.467. The van der Waals surface area contributed by atoms with Crippen LogP contribution in [0.25, 0.3) is 10.9 Å². The van der Waals surface area contributed by atoms with E-state index in [2.05, 4.69) is 10.3 Å². The van der Waals surface area contributed by atoms with Crippen LogP contribution in [0.1, 0.15) is 20.8 Å². The Hall–Kier alpha value is -2.44. The molecule has 1 aromatic heterocycles. The quantitative estimate of drug-likeness (QED) is 0.928. The maximum atomic E-state index is 12.2. The number of aromatic nitrogens is 1. The summed E-state index contributed by atoms with van der Waals surface area (Å²) in [5, 5.41) is 3.28. The molecule has 120 valence electrons. The molecule has 22 heavy (non-hydrogen) atoms. The third-order valence-electron chi connectivity index (χ3n) is 2.91. The highest BCUT2D eigenvalue weighted by atomic mass is 16.5. The molecule has 0 unspecified atom stereocenters. The molecular weight excluding hydrogens is 288 g/mol. The topological polar surface area (TPSA) is 82.8 Å². The maximum absolute atomic E-state index is 12.2. The van der Waals surface area contributed by atoms with Crippen molar-refractivity contribution in [1.82, 2.24) is 4.98 Å². The average molecular weight is 308 g/mol. The molecule has 0 aliphatic carbocycles. The Kier molecular flexibility index (Phi) is 4.16. The number of nitrogens with one attached hydrogen (secondary N) is 1. The summed E-state index contributed by atoms with van der Waals surface area (Å²) in [6.07, 6.45) is 0. The first-order chi connectivity index (χ1) is 10.3. The van der Waals surface area contributed by atoms with Crippen molar-refractivity contribution in [3.8, 4) is 17.2 Å². The number of fused-ring (bicyclic) bond motifs is 1. The van der Waals surface area contributed by atoms with Gasteiger partial charge in [0.25, 0.3) is 6.01 Å². The van der Waals surface area contributed by atoms with E-state index >= 15 is 0 Å². The highest BCUT2D eigenvalue weighted by molar-refractivity contribution is 5.89. The number of anilines is 1. The number of methoxy groups -OCH3 is 3. The zero-order valence-electron chi connectivity index (χ0n) is 13.6. The second kappa shape index (κ2) is 5.75. The molecule has 0 saturated heterocycles. The highest BCUT2D eigenvalue weighted by Crippen LogP contribution is 2.41. The van der Waals surface area contributed by atoms with Gasteiger partial charge in [-0.15, -0.1) is 0 Å². The lowest BCUT2D eigenvalue weighted by Gasteiger charge is -2.20. The van der Waals surface area contributed by atoms with Crippen LogP contribution in [-0.4, -0.2) is 31.9 Å². The number of hydrogen-bond acceptors (Lipinski definition) is 7. The van der Waals surface area contributed by atoms with E-state index in [4.69, 9.17) is 18.6 Å². The molecule has 1 N–H and O–H groups in total. The molecule has 7 nitrogen and oxygen atoms in total. The van der Waals surface area contributed by atoms with Gasteiger partial charge in [0.15, 0.2) is 11.5 Å². The molecular formula is C15H20N2O5. The number of nitrogens with zero attached hydrogens (tertiary/aromatic N) is 1.